The zero-order valence-electron chi connectivity index (χ0n) is 11.2. The Hall–Kier alpha value is -0.860. The van der Waals surface area contributed by atoms with Crippen molar-refractivity contribution >= 4 is 0 Å². The molecule has 0 aromatic heterocycles. The number of rotatable bonds is 3. The van der Waals surface area contributed by atoms with E-state index in [2.05, 4.69) is 29.2 Å². The van der Waals surface area contributed by atoms with Crippen LogP contribution in [0.25, 0.3) is 0 Å². The fourth-order valence-corrected chi connectivity index (χ4v) is 3.45. The van der Waals surface area contributed by atoms with Crippen LogP contribution in [0.1, 0.15) is 30.4 Å². The second kappa shape index (κ2) is 5.02. The van der Waals surface area contributed by atoms with Crippen LogP contribution in [0.3, 0.4) is 0 Å². The zero-order chi connectivity index (χ0) is 12.4. The lowest BCUT2D eigenvalue weighted by molar-refractivity contribution is 0.0769. The Morgan fingerprint density at radius 2 is 1.67 bits per heavy atom. The van der Waals surface area contributed by atoms with Crippen molar-refractivity contribution in [1.29, 1.82) is 0 Å². The van der Waals surface area contributed by atoms with Gasteiger partial charge in [0.2, 0.25) is 0 Å². The van der Waals surface area contributed by atoms with Crippen molar-refractivity contribution in [2.45, 2.75) is 32.1 Å². The Balaban J connectivity index is 1.64. The van der Waals surface area contributed by atoms with Crippen LogP contribution in [-0.4, -0.2) is 31.1 Å². The van der Waals surface area contributed by atoms with E-state index < -0.39 is 0 Å². The van der Waals surface area contributed by atoms with Gasteiger partial charge >= 0.3 is 0 Å². The summed E-state index contributed by atoms with van der Waals surface area (Å²) in [6, 6.07) is 8.92. The fourth-order valence-electron chi connectivity index (χ4n) is 3.45. The molecule has 2 N–H and O–H groups in total. The van der Waals surface area contributed by atoms with E-state index in [1.165, 1.54) is 51.7 Å². The largest absolute Gasteiger partial charge is 0.330 e. The molecule has 0 radical (unpaired) electrons. The van der Waals surface area contributed by atoms with Gasteiger partial charge in [0.15, 0.2) is 0 Å². The van der Waals surface area contributed by atoms with Gasteiger partial charge in [0, 0.05) is 19.6 Å². The molecular formula is C16H24N2. The molecule has 1 aliphatic carbocycles. The third kappa shape index (κ3) is 2.32. The molecule has 0 bridgehead atoms. The lowest BCUT2D eigenvalue weighted by atomic mass is 9.68. The molecule has 0 atom stereocenters. The maximum atomic E-state index is 5.98. The number of benzene rings is 1. The summed E-state index contributed by atoms with van der Waals surface area (Å²) < 4.78 is 0. The van der Waals surface area contributed by atoms with Gasteiger partial charge in [-0.15, -0.1) is 0 Å². The van der Waals surface area contributed by atoms with E-state index in [9.17, 15) is 0 Å². The number of nitrogens with two attached hydrogens (primary N) is 1. The summed E-state index contributed by atoms with van der Waals surface area (Å²) in [6.07, 6.45) is 6.47. The van der Waals surface area contributed by atoms with Crippen LogP contribution in [0.5, 0.6) is 0 Å². The van der Waals surface area contributed by atoms with Crippen LogP contribution in [0, 0.1) is 5.41 Å². The van der Waals surface area contributed by atoms with Gasteiger partial charge in [-0.2, -0.15) is 0 Å². The molecule has 18 heavy (non-hydrogen) atoms. The molecule has 98 valence electrons. The lowest BCUT2D eigenvalue weighted by Gasteiger charge is -2.44. The molecular weight excluding hydrogens is 220 g/mol. The Kier molecular flexibility index (Phi) is 3.40. The van der Waals surface area contributed by atoms with Crippen LogP contribution in [0.2, 0.25) is 0 Å². The highest BCUT2D eigenvalue weighted by Crippen LogP contribution is 2.40. The van der Waals surface area contributed by atoms with Crippen LogP contribution >= 0.6 is 0 Å². The predicted octanol–water partition coefficient (Wildman–Crippen LogP) is 2.22. The third-order valence-electron chi connectivity index (χ3n) is 4.92. The summed E-state index contributed by atoms with van der Waals surface area (Å²) >= 11 is 0. The standard InChI is InChI=1S/C16H24N2/c17-12-16(8-3-9-16)13-18-10-6-14-4-1-2-5-15(14)7-11-18/h1-2,4-5H,3,6-13,17H2. The van der Waals surface area contributed by atoms with Crippen LogP contribution in [-0.2, 0) is 12.8 Å². The predicted molar refractivity (Wildman–Crippen MR) is 75.6 cm³/mol. The second-order valence-electron chi connectivity index (χ2n) is 6.10. The molecule has 1 aromatic rings. The van der Waals surface area contributed by atoms with Crippen molar-refractivity contribution in [3.05, 3.63) is 35.4 Å². The van der Waals surface area contributed by atoms with Gasteiger partial charge in [-0.05, 0) is 48.8 Å². The smallest absolute Gasteiger partial charge is 0.00503 e. The van der Waals surface area contributed by atoms with E-state index in [4.69, 9.17) is 5.73 Å². The SMILES string of the molecule is NCC1(CN2CCc3ccccc3CC2)CCC1. The molecule has 1 aromatic carbocycles. The summed E-state index contributed by atoms with van der Waals surface area (Å²) in [7, 11) is 0. The number of hydrogen-bond acceptors (Lipinski definition) is 2. The van der Waals surface area contributed by atoms with Crippen LogP contribution < -0.4 is 5.73 Å². The van der Waals surface area contributed by atoms with E-state index >= 15 is 0 Å². The van der Waals surface area contributed by atoms with Crippen molar-refractivity contribution in [1.82, 2.24) is 4.90 Å². The van der Waals surface area contributed by atoms with Gasteiger partial charge in [-0.25, -0.2) is 0 Å². The topological polar surface area (TPSA) is 29.3 Å². The van der Waals surface area contributed by atoms with E-state index in [-0.39, 0.29) is 0 Å². The average molecular weight is 244 g/mol. The van der Waals surface area contributed by atoms with E-state index in [1.54, 1.807) is 11.1 Å². The summed E-state index contributed by atoms with van der Waals surface area (Å²) in [5.74, 6) is 0. The van der Waals surface area contributed by atoms with Crippen LogP contribution in [0.15, 0.2) is 24.3 Å². The van der Waals surface area contributed by atoms with Crippen molar-refractivity contribution in [2.24, 2.45) is 11.1 Å². The molecule has 0 amide bonds. The Morgan fingerprint density at radius 1 is 1.06 bits per heavy atom. The van der Waals surface area contributed by atoms with Crippen molar-refractivity contribution in [3.8, 4) is 0 Å². The molecule has 1 saturated carbocycles. The van der Waals surface area contributed by atoms with Gasteiger partial charge in [0.1, 0.15) is 0 Å². The molecule has 2 aliphatic rings. The summed E-state index contributed by atoms with van der Waals surface area (Å²) in [5, 5.41) is 0. The first-order valence-electron chi connectivity index (χ1n) is 7.31. The molecule has 2 nitrogen and oxygen atoms in total. The number of fused-ring (bicyclic) bond motifs is 1. The third-order valence-corrected chi connectivity index (χ3v) is 4.92. The normalized spacial score (nSPS) is 22.9. The van der Waals surface area contributed by atoms with Gasteiger partial charge < -0.3 is 10.6 Å². The molecule has 0 spiro atoms. The Labute approximate surface area is 110 Å². The summed E-state index contributed by atoms with van der Waals surface area (Å²) in [5.41, 5.74) is 9.54. The highest BCUT2D eigenvalue weighted by Gasteiger charge is 2.37. The van der Waals surface area contributed by atoms with Gasteiger partial charge in [-0.1, -0.05) is 30.7 Å². The minimum Gasteiger partial charge on any atom is -0.330 e. The maximum absolute atomic E-state index is 5.98. The fraction of sp³-hybridized carbons (Fsp3) is 0.625. The van der Waals surface area contributed by atoms with E-state index in [0.29, 0.717) is 5.41 Å². The van der Waals surface area contributed by atoms with Gasteiger partial charge in [0.25, 0.3) is 0 Å². The molecule has 1 fully saturated rings. The zero-order valence-corrected chi connectivity index (χ0v) is 11.2. The molecule has 1 heterocycles. The molecule has 0 saturated heterocycles. The minimum absolute atomic E-state index is 0.455. The lowest BCUT2D eigenvalue weighted by Crippen LogP contribution is -2.47. The first kappa shape index (κ1) is 12.2. The second-order valence-corrected chi connectivity index (χ2v) is 6.10. The average Bonchev–Trinajstić information content (AvgIpc) is 2.57. The van der Waals surface area contributed by atoms with Gasteiger partial charge in [0.05, 0.1) is 0 Å². The molecule has 3 rings (SSSR count). The number of hydrogen-bond donors (Lipinski definition) is 1. The molecule has 0 unspecified atom stereocenters. The minimum atomic E-state index is 0.455. The first-order valence-corrected chi connectivity index (χ1v) is 7.31. The molecule has 2 heteroatoms. The van der Waals surface area contributed by atoms with Crippen LogP contribution in [0.4, 0.5) is 0 Å². The Bertz CT molecular complexity index is 377. The van der Waals surface area contributed by atoms with E-state index in [0.717, 1.165) is 6.54 Å². The number of nitrogens with zero attached hydrogens (tertiary/aromatic N) is 1. The van der Waals surface area contributed by atoms with E-state index in [1.807, 2.05) is 0 Å². The maximum Gasteiger partial charge on any atom is 0.00503 e. The molecule has 1 aliphatic heterocycles. The summed E-state index contributed by atoms with van der Waals surface area (Å²) in [4.78, 5) is 2.64. The highest BCUT2D eigenvalue weighted by atomic mass is 15.1. The quantitative estimate of drug-likeness (QED) is 0.883. The first-order chi connectivity index (χ1) is 8.81. The van der Waals surface area contributed by atoms with Crippen molar-refractivity contribution in [3.63, 3.8) is 0 Å². The van der Waals surface area contributed by atoms with Crippen molar-refractivity contribution < 1.29 is 0 Å². The van der Waals surface area contributed by atoms with Gasteiger partial charge in [-0.3, -0.25) is 0 Å². The monoisotopic (exact) mass is 244 g/mol. The highest BCUT2D eigenvalue weighted by molar-refractivity contribution is 5.28. The Morgan fingerprint density at radius 3 is 2.11 bits per heavy atom. The summed E-state index contributed by atoms with van der Waals surface area (Å²) in [6.45, 7) is 4.51. The van der Waals surface area contributed by atoms with Crippen molar-refractivity contribution in [2.75, 3.05) is 26.2 Å².